The molecule has 0 fully saturated rings. The minimum atomic E-state index is -0.544. The number of ether oxygens (including phenoxy) is 1. The molecule has 1 N–H and O–H groups in total. The fourth-order valence-corrected chi connectivity index (χ4v) is 2.35. The van der Waals surface area contributed by atoms with E-state index in [2.05, 4.69) is 5.32 Å². The molecule has 0 unspecified atom stereocenters. The maximum atomic E-state index is 14.1. The first-order valence-electron chi connectivity index (χ1n) is 7.58. The standard InChI is InChI=1S/C18H20ClFN2O2/c1-12(2)24-15-7-8-17(16(20)10-15)21-18(23)22(3)11-13-5-4-6-14(19)9-13/h4-10,12H,11H2,1-3H3,(H,21,23). The lowest BCUT2D eigenvalue weighted by Gasteiger charge is -2.19. The summed E-state index contributed by atoms with van der Waals surface area (Å²) >= 11 is 5.93. The van der Waals surface area contributed by atoms with Gasteiger partial charge in [-0.05, 0) is 43.7 Å². The van der Waals surface area contributed by atoms with Crippen LogP contribution in [0.1, 0.15) is 19.4 Å². The Morgan fingerprint density at radius 3 is 2.67 bits per heavy atom. The molecule has 0 saturated heterocycles. The first kappa shape index (κ1) is 18.1. The summed E-state index contributed by atoms with van der Waals surface area (Å²) in [6.45, 7) is 4.08. The van der Waals surface area contributed by atoms with Gasteiger partial charge in [-0.25, -0.2) is 9.18 Å². The molecular formula is C18H20ClFN2O2. The molecule has 4 nitrogen and oxygen atoms in total. The summed E-state index contributed by atoms with van der Waals surface area (Å²) in [5.74, 6) is -0.120. The van der Waals surface area contributed by atoms with Crippen molar-refractivity contribution in [2.75, 3.05) is 12.4 Å². The molecule has 2 amide bonds. The number of hydrogen-bond donors (Lipinski definition) is 1. The van der Waals surface area contributed by atoms with Crippen LogP contribution in [0.2, 0.25) is 5.02 Å². The molecule has 2 aromatic carbocycles. The highest BCUT2D eigenvalue weighted by molar-refractivity contribution is 6.30. The third kappa shape index (κ3) is 5.13. The highest BCUT2D eigenvalue weighted by Gasteiger charge is 2.13. The predicted molar refractivity (Wildman–Crippen MR) is 94.1 cm³/mol. The Morgan fingerprint density at radius 2 is 2.04 bits per heavy atom. The minimum absolute atomic E-state index is 0.0475. The summed E-state index contributed by atoms with van der Waals surface area (Å²) < 4.78 is 19.5. The van der Waals surface area contributed by atoms with Gasteiger partial charge < -0.3 is 15.0 Å². The van der Waals surface area contributed by atoms with E-state index in [-0.39, 0.29) is 11.8 Å². The van der Waals surface area contributed by atoms with Crippen molar-refractivity contribution in [3.05, 3.63) is 58.9 Å². The smallest absolute Gasteiger partial charge is 0.321 e. The molecule has 0 spiro atoms. The lowest BCUT2D eigenvalue weighted by atomic mass is 10.2. The quantitative estimate of drug-likeness (QED) is 0.830. The normalized spacial score (nSPS) is 10.6. The fraction of sp³-hybridized carbons (Fsp3) is 0.278. The number of carbonyl (C=O) groups excluding carboxylic acids is 1. The zero-order chi connectivity index (χ0) is 17.7. The van der Waals surface area contributed by atoms with Gasteiger partial charge in [0.15, 0.2) is 0 Å². The number of rotatable bonds is 5. The van der Waals surface area contributed by atoms with E-state index in [1.807, 2.05) is 26.0 Å². The molecule has 6 heteroatoms. The van der Waals surface area contributed by atoms with E-state index in [4.69, 9.17) is 16.3 Å². The van der Waals surface area contributed by atoms with E-state index in [0.717, 1.165) is 5.56 Å². The summed E-state index contributed by atoms with van der Waals surface area (Å²) in [6.07, 6.45) is -0.0475. The Morgan fingerprint density at radius 1 is 1.29 bits per heavy atom. The van der Waals surface area contributed by atoms with Crippen molar-refractivity contribution in [2.45, 2.75) is 26.5 Å². The van der Waals surface area contributed by atoms with Crippen LogP contribution < -0.4 is 10.1 Å². The van der Waals surface area contributed by atoms with E-state index >= 15 is 0 Å². The molecule has 128 valence electrons. The number of carbonyl (C=O) groups is 1. The summed E-state index contributed by atoms with van der Waals surface area (Å²) in [7, 11) is 1.63. The molecule has 0 atom stereocenters. The van der Waals surface area contributed by atoms with Crippen LogP contribution in [0, 0.1) is 5.82 Å². The van der Waals surface area contributed by atoms with Gasteiger partial charge in [0.05, 0.1) is 11.8 Å². The minimum Gasteiger partial charge on any atom is -0.491 e. The Balaban J connectivity index is 2.00. The number of nitrogens with one attached hydrogen (secondary N) is 1. The predicted octanol–water partition coefficient (Wildman–Crippen LogP) is 4.93. The van der Waals surface area contributed by atoms with Crippen LogP contribution >= 0.6 is 11.6 Å². The number of urea groups is 1. The Hall–Kier alpha value is -2.27. The second-order valence-corrected chi connectivity index (χ2v) is 6.16. The number of hydrogen-bond acceptors (Lipinski definition) is 2. The molecule has 0 aromatic heterocycles. The number of benzene rings is 2. The van der Waals surface area contributed by atoms with Gasteiger partial charge in [0.1, 0.15) is 11.6 Å². The van der Waals surface area contributed by atoms with Gasteiger partial charge >= 0.3 is 6.03 Å². The molecule has 2 rings (SSSR count). The zero-order valence-corrected chi connectivity index (χ0v) is 14.6. The molecule has 0 radical (unpaired) electrons. The largest absolute Gasteiger partial charge is 0.491 e. The summed E-state index contributed by atoms with van der Waals surface area (Å²) in [5, 5.41) is 3.15. The molecule has 0 bridgehead atoms. The third-order valence-corrected chi connectivity index (χ3v) is 3.44. The van der Waals surface area contributed by atoms with Crippen LogP contribution in [-0.4, -0.2) is 24.1 Å². The highest BCUT2D eigenvalue weighted by Crippen LogP contribution is 2.22. The van der Waals surface area contributed by atoms with Crippen LogP contribution in [0.4, 0.5) is 14.9 Å². The van der Waals surface area contributed by atoms with Crippen molar-refractivity contribution in [1.29, 1.82) is 0 Å². The van der Waals surface area contributed by atoms with E-state index in [1.165, 1.54) is 17.0 Å². The van der Waals surface area contributed by atoms with Crippen LogP contribution in [-0.2, 0) is 6.54 Å². The molecular weight excluding hydrogens is 331 g/mol. The number of anilines is 1. The summed E-state index contributed by atoms with van der Waals surface area (Å²) in [5.41, 5.74) is 0.996. The van der Waals surface area contributed by atoms with Crippen molar-refractivity contribution < 1.29 is 13.9 Å². The molecule has 0 heterocycles. The SMILES string of the molecule is CC(C)Oc1ccc(NC(=O)N(C)Cc2cccc(Cl)c2)c(F)c1. The fourth-order valence-electron chi connectivity index (χ4n) is 2.13. The van der Waals surface area contributed by atoms with Crippen molar-refractivity contribution in [2.24, 2.45) is 0 Å². The zero-order valence-electron chi connectivity index (χ0n) is 13.8. The Bertz CT molecular complexity index is 722. The first-order valence-corrected chi connectivity index (χ1v) is 7.95. The average Bonchev–Trinajstić information content (AvgIpc) is 2.49. The van der Waals surface area contributed by atoms with Crippen molar-refractivity contribution in [3.8, 4) is 5.75 Å². The molecule has 0 saturated carbocycles. The maximum Gasteiger partial charge on any atom is 0.321 e. The lowest BCUT2D eigenvalue weighted by molar-refractivity contribution is 0.220. The van der Waals surface area contributed by atoms with E-state index in [1.54, 1.807) is 25.2 Å². The third-order valence-electron chi connectivity index (χ3n) is 3.21. The molecule has 0 aliphatic carbocycles. The van der Waals surface area contributed by atoms with Crippen molar-refractivity contribution in [3.63, 3.8) is 0 Å². The molecule has 2 aromatic rings. The lowest BCUT2D eigenvalue weighted by Crippen LogP contribution is -2.31. The van der Waals surface area contributed by atoms with Crippen LogP contribution in [0.25, 0.3) is 0 Å². The molecule has 0 aliphatic rings. The summed E-state index contributed by atoms with van der Waals surface area (Å²) in [4.78, 5) is 13.6. The number of nitrogens with zero attached hydrogens (tertiary/aromatic N) is 1. The van der Waals surface area contributed by atoms with Gasteiger partial charge in [-0.3, -0.25) is 0 Å². The van der Waals surface area contributed by atoms with Crippen molar-refractivity contribution in [1.82, 2.24) is 4.90 Å². The molecule has 0 aliphatic heterocycles. The van der Waals surface area contributed by atoms with Gasteiger partial charge in [0, 0.05) is 24.7 Å². The number of halogens is 2. The van der Waals surface area contributed by atoms with Gasteiger partial charge in [-0.2, -0.15) is 0 Å². The summed E-state index contributed by atoms with van der Waals surface area (Å²) in [6, 6.07) is 11.2. The molecule has 24 heavy (non-hydrogen) atoms. The topological polar surface area (TPSA) is 41.6 Å². The first-order chi connectivity index (χ1) is 11.3. The Kier molecular flexibility index (Phi) is 6.04. The second-order valence-electron chi connectivity index (χ2n) is 5.72. The highest BCUT2D eigenvalue weighted by atomic mass is 35.5. The van der Waals surface area contributed by atoms with Crippen LogP contribution in [0.15, 0.2) is 42.5 Å². The van der Waals surface area contributed by atoms with Gasteiger partial charge in [0.25, 0.3) is 0 Å². The average molecular weight is 351 g/mol. The van der Waals surface area contributed by atoms with Gasteiger partial charge in [-0.1, -0.05) is 23.7 Å². The van der Waals surface area contributed by atoms with Crippen LogP contribution in [0.5, 0.6) is 5.75 Å². The Labute approximate surface area is 146 Å². The van der Waals surface area contributed by atoms with Crippen molar-refractivity contribution >= 4 is 23.3 Å². The maximum absolute atomic E-state index is 14.1. The van der Waals surface area contributed by atoms with E-state index < -0.39 is 11.8 Å². The second kappa shape index (κ2) is 8.02. The van der Waals surface area contributed by atoms with Gasteiger partial charge in [-0.15, -0.1) is 0 Å². The van der Waals surface area contributed by atoms with E-state index in [9.17, 15) is 9.18 Å². The monoisotopic (exact) mass is 350 g/mol. The van der Waals surface area contributed by atoms with Gasteiger partial charge in [0.2, 0.25) is 0 Å². The number of amides is 2. The van der Waals surface area contributed by atoms with Crippen LogP contribution in [0.3, 0.4) is 0 Å². The van der Waals surface area contributed by atoms with E-state index in [0.29, 0.717) is 17.3 Å².